The van der Waals surface area contributed by atoms with Gasteiger partial charge in [0.2, 0.25) is 11.8 Å². The van der Waals surface area contributed by atoms with Gasteiger partial charge in [-0.15, -0.1) is 12.4 Å². The SMILES string of the molecule is CCOc1cc2ncc(C#N)c(Cl)c2cc1NC(C)=O.CCOc1cc2ncc(C#N)c(Nc3ccc(OCc4ccccn4)c(Cl)c3)c2cc1N.CCOc1cc2ncc(C#N)c(Nc3ccc(OCc4ccccn4)c(Cl)c3)c2cc1NC(C)=O.CS(=O)(=O)O.Cl.Nc1ccc(OCc2ccccn2)c(Cl)c1.O=[N+]([O-])c1ccc(F)c(Cl)c1.O=[N+]([O-])c1ccc(OCc2ccccn2)c(Cl)c1.OCc1ccccn1. The van der Waals surface area contributed by atoms with Gasteiger partial charge in [-0.2, -0.15) is 24.2 Å². The van der Waals surface area contributed by atoms with Gasteiger partial charge in [0, 0.05) is 139 Å². The van der Waals surface area contributed by atoms with Crippen LogP contribution in [0.1, 0.15) is 79.8 Å². The number of nitrogens with two attached hydrogens (primary N) is 2. The molecule has 0 fully saturated rings. The van der Waals surface area contributed by atoms with E-state index >= 15 is 0 Å². The monoisotopic (exact) mass is 2140 g/mol. The van der Waals surface area contributed by atoms with Crippen molar-refractivity contribution in [3.63, 3.8) is 0 Å². The number of nitrogens with one attached hydrogen (secondary N) is 4. The van der Waals surface area contributed by atoms with Crippen LogP contribution in [0.2, 0.25) is 30.1 Å². The third kappa shape index (κ3) is 36.5. The van der Waals surface area contributed by atoms with E-state index in [-0.39, 0.29) is 71.0 Å². The summed E-state index contributed by atoms with van der Waals surface area (Å²) in [6, 6.07) is 67.3. The van der Waals surface area contributed by atoms with E-state index in [4.69, 9.17) is 129 Å². The molecule has 0 radical (unpaired) electrons. The van der Waals surface area contributed by atoms with Gasteiger partial charge in [-0.05, 0) is 166 Å². The summed E-state index contributed by atoms with van der Waals surface area (Å²) in [6.07, 6.45) is 13.6. The van der Waals surface area contributed by atoms with Gasteiger partial charge >= 0.3 is 0 Å². The number of carbonyl (C=O) groups excluding carboxylic acids is 2. The molecule has 36 nitrogen and oxygen atoms in total. The Bertz CT molecular complexity index is 7440. The lowest BCUT2D eigenvalue weighted by Gasteiger charge is -2.16. The summed E-state index contributed by atoms with van der Waals surface area (Å²) in [5.74, 6) is 2.51. The molecule has 0 aliphatic carbocycles. The third-order valence-electron chi connectivity index (χ3n) is 18.6. The third-order valence-corrected chi connectivity index (χ3v) is 20.5. The van der Waals surface area contributed by atoms with Crippen molar-refractivity contribution >= 4 is 194 Å². The van der Waals surface area contributed by atoms with E-state index in [1.807, 2.05) is 118 Å². The summed E-state index contributed by atoms with van der Waals surface area (Å²) in [5, 5.41) is 73.0. The van der Waals surface area contributed by atoms with Gasteiger partial charge in [-0.1, -0.05) is 99.9 Å². The van der Waals surface area contributed by atoms with Gasteiger partial charge in [0.05, 0.1) is 163 Å². The molecule has 8 aromatic carbocycles. The first kappa shape index (κ1) is 115. The molecule has 0 aliphatic rings. The van der Waals surface area contributed by atoms with E-state index in [2.05, 4.69) is 73.3 Å². The molecular formula is C101H89Cl7FN19O17S. The number of nitrogen functional groups attached to an aromatic ring is 2. The molecule has 8 aromatic heterocycles. The maximum Gasteiger partial charge on any atom is 0.271 e. The number of amides is 2. The van der Waals surface area contributed by atoms with Crippen LogP contribution < -0.4 is 65.9 Å². The number of hydrogen-bond acceptors (Lipinski definition) is 31. The van der Waals surface area contributed by atoms with Crippen LogP contribution in [-0.4, -0.2) is 106 Å². The molecule has 16 rings (SSSR count). The zero-order valence-corrected chi connectivity index (χ0v) is 84.2. The Morgan fingerprint density at radius 1 is 0.425 bits per heavy atom. The Balaban J connectivity index is 0.000000215. The van der Waals surface area contributed by atoms with Crippen molar-refractivity contribution in [3.8, 4) is 58.5 Å². The van der Waals surface area contributed by atoms with Gasteiger partial charge in [0.15, 0.2) is 0 Å². The smallest absolute Gasteiger partial charge is 0.271 e. The van der Waals surface area contributed by atoms with E-state index in [9.17, 15) is 53.1 Å². The molecule has 16 aromatic rings. The number of nitriles is 3. The fourth-order valence-corrected chi connectivity index (χ4v) is 13.6. The number of ether oxygens (including phenoxy) is 7. The number of nitro groups is 2. The zero-order valence-electron chi connectivity index (χ0n) is 78.0. The largest absolute Gasteiger partial charge is 0.492 e. The predicted molar refractivity (Wildman–Crippen MR) is 562 cm³/mol. The van der Waals surface area contributed by atoms with Crippen LogP contribution in [0.3, 0.4) is 0 Å². The fraction of sp³-hybridized carbons (Fsp3) is 0.139. The number of hydrogen-bond donors (Lipinski definition) is 8. The van der Waals surface area contributed by atoms with Crippen molar-refractivity contribution in [2.24, 2.45) is 0 Å². The van der Waals surface area contributed by atoms with Crippen molar-refractivity contribution in [3.05, 3.63) is 369 Å². The number of aliphatic hydroxyl groups is 1. The summed E-state index contributed by atoms with van der Waals surface area (Å²) in [5.41, 5.74) is 22.8. The predicted octanol–water partition coefficient (Wildman–Crippen LogP) is 23.4. The lowest BCUT2D eigenvalue weighted by atomic mass is 10.1. The summed E-state index contributed by atoms with van der Waals surface area (Å²) in [4.78, 5) is 76.0. The topological polar surface area (TPSA) is 534 Å². The van der Waals surface area contributed by atoms with Crippen molar-refractivity contribution in [1.29, 1.82) is 15.8 Å². The molecule has 0 saturated heterocycles. The molecule has 0 spiro atoms. The number of nitrogens with zero attached hydrogens (tertiary/aromatic N) is 13. The van der Waals surface area contributed by atoms with Gasteiger partial charge in [-0.25, -0.2) is 4.39 Å². The van der Waals surface area contributed by atoms with Crippen molar-refractivity contribution in [2.45, 2.75) is 67.7 Å². The number of fused-ring (bicyclic) bond motifs is 3. The highest BCUT2D eigenvalue weighted by molar-refractivity contribution is 7.85. The normalized spacial score (nSPS) is 10.2. The molecule has 0 aliphatic heterocycles. The van der Waals surface area contributed by atoms with Crippen molar-refractivity contribution in [1.82, 2.24) is 39.9 Å². The van der Waals surface area contributed by atoms with Gasteiger partial charge in [0.1, 0.15) is 90.7 Å². The maximum atomic E-state index is 12.4. The van der Waals surface area contributed by atoms with Crippen LogP contribution >= 0.6 is 82.0 Å². The highest BCUT2D eigenvalue weighted by Gasteiger charge is 2.21. The van der Waals surface area contributed by atoms with E-state index in [1.54, 1.807) is 122 Å². The van der Waals surface area contributed by atoms with Gasteiger partial charge in [-0.3, -0.25) is 74.2 Å². The van der Waals surface area contributed by atoms with Crippen molar-refractivity contribution in [2.75, 3.05) is 58.8 Å². The van der Waals surface area contributed by atoms with Crippen LogP contribution in [-0.2, 0) is 52.7 Å². The summed E-state index contributed by atoms with van der Waals surface area (Å²) in [7, 11) is -3.67. The van der Waals surface area contributed by atoms with Gasteiger partial charge in [0.25, 0.3) is 21.5 Å². The first-order valence-corrected chi connectivity index (χ1v) is 46.9. The second-order valence-electron chi connectivity index (χ2n) is 29.3. The molecule has 0 atom stereocenters. The average molecular weight is 2140 g/mol. The molecule has 146 heavy (non-hydrogen) atoms. The zero-order chi connectivity index (χ0) is 105. The molecule has 2 amide bonds. The maximum absolute atomic E-state index is 12.4. The minimum atomic E-state index is -3.67. The van der Waals surface area contributed by atoms with Gasteiger partial charge < -0.3 is 71.0 Å². The molecule has 8 heterocycles. The summed E-state index contributed by atoms with van der Waals surface area (Å²) < 4.78 is 77.5. The minimum Gasteiger partial charge on any atom is -0.492 e. The molecule has 0 saturated carbocycles. The number of halogens is 8. The Hall–Kier alpha value is -16.4. The quantitative estimate of drug-likeness (QED) is 0.0103. The summed E-state index contributed by atoms with van der Waals surface area (Å²) >= 11 is 36.2. The standard InChI is InChI=1S/C26H22ClN5O3.C24H20ClN5O2.C14H12ClN3O2.C12H9ClN2O3.C12H11ClN2O.C6H3ClFNO2.C6H7NO.CH4O3S.ClH/c1-3-34-25-12-22-20(11-23(25)31-16(2)33)26(17(13-28)14-30-22)32-18-7-8-24(21(27)10-18)35-15-19-6-4-5-9-29-19;1-2-31-23-11-21-18(10-20(23)27)24(15(12-26)13-29-21)30-16-6-7-22(19(25)9-16)32-14-17-5-3-4-8-28-17;1-3-20-13-5-11-10(4-12(13)18-8(2)19)14(15)9(6-16)7-17-11;13-11-7-10(15(16)17)4-5-12(11)18-8-9-3-1-2-6-14-9;13-11-7-9(14)4-5-12(11)16-8-10-3-1-2-6-15-10;7-5-3-4(9(10)11)1-2-6(5)8;8-5-6-3-1-2-4-7-6;1-5(2,3)4;/h4-12,14H,3,15H2,1-2H3,(H,30,32)(H,31,33);3-11,13H,2,14,27H2,1H3,(H,29,30);4-5,7H,3H2,1-2H3,(H,18,19);1-7H,8H2;1-7H,8,14H2;1-3H;1-4,8H,5H2;1H3,(H,2,3,4);1H. The van der Waals surface area contributed by atoms with Crippen LogP contribution in [0.25, 0.3) is 32.7 Å². The number of pyridine rings is 8. The van der Waals surface area contributed by atoms with E-state index in [0.29, 0.717) is 195 Å². The minimum absolute atomic E-state index is 0. The van der Waals surface area contributed by atoms with Crippen LogP contribution in [0.15, 0.2) is 268 Å². The number of carbonyl (C=O) groups is 2. The molecule has 10 N–H and O–H groups in total. The highest BCUT2D eigenvalue weighted by Crippen LogP contribution is 2.42. The Morgan fingerprint density at radius 2 is 0.753 bits per heavy atom. The van der Waals surface area contributed by atoms with E-state index in [0.717, 1.165) is 41.0 Å². The Kier molecular flexibility index (Phi) is 45.8. The Morgan fingerprint density at radius 3 is 1.09 bits per heavy atom. The molecule has 0 bridgehead atoms. The second-order valence-corrected chi connectivity index (χ2v) is 33.2. The lowest BCUT2D eigenvalue weighted by Crippen LogP contribution is -2.08. The molecule has 45 heteroatoms. The van der Waals surface area contributed by atoms with Crippen LogP contribution in [0.5, 0.6) is 40.2 Å². The van der Waals surface area contributed by atoms with Crippen molar-refractivity contribution < 1.29 is 75.1 Å². The number of benzene rings is 8. The lowest BCUT2D eigenvalue weighted by molar-refractivity contribution is -0.385. The highest BCUT2D eigenvalue weighted by atomic mass is 35.5. The number of nitro benzene ring substituents is 2. The molecule has 0 unspecified atom stereocenters. The number of non-ortho nitro benzene ring substituents is 2. The number of aromatic nitrogens is 8. The van der Waals surface area contributed by atoms with E-state index < -0.39 is 25.8 Å². The van der Waals surface area contributed by atoms with Crippen LogP contribution in [0, 0.1) is 60.0 Å². The first-order valence-electron chi connectivity index (χ1n) is 42.8. The second kappa shape index (κ2) is 58.2. The molecular weight excluding hydrogens is 2050 g/mol. The number of aliphatic hydroxyl groups excluding tert-OH is 1. The Labute approximate surface area is 872 Å². The van der Waals surface area contributed by atoms with Crippen LogP contribution in [0.4, 0.5) is 61.3 Å². The first-order chi connectivity index (χ1) is 69.6. The summed E-state index contributed by atoms with van der Waals surface area (Å²) in [6.45, 7) is 11.1. The fourth-order valence-electron chi connectivity index (χ4n) is 12.2. The average Bonchev–Trinajstić information content (AvgIpc) is 0.779. The molecule has 752 valence electrons. The van der Waals surface area contributed by atoms with E-state index in [1.165, 1.54) is 50.6 Å². The number of rotatable bonds is 27. The number of anilines is 8.